The van der Waals surface area contributed by atoms with Crippen molar-refractivity contribution in [3.05, 3.63) is 47.7 Å². The Hall–Kier alpha value is -2.56. The van der Waals surface area contributed by atoms with E-state index in [1.54, 1.807) is 0 Å². The van der Waals surface area contributed by atoms with Crippen molar-refractivity contribution in [3.8, 4) is 11.5 Å². The van der Waals surface area contributed by atoms with Crippen LogP contribution >= 0.6 is 0 Å². The molecule has 0 unspecified atom stereocenters. The molecule has 0 saturated carbocycles. The highest BCUT2D eigenvalue weighted by molar-refractivity contribution is 5.48. The van der Waals surface area contributed by atoms with Crippen LogP contribution in [0.5, 0.6) is 11.5 Å². The van der Waals surface area contributed by atoms with Crippen LogP contribution in [0, 0.1) is 0 Å². The topological polar surface area (TPSA) is 37.6 Å². The molecule has 0 radical (unpaired) electrons. The molecule has 5 nitrogen and oxygen atoms in total. The average Bonchev–Trinajstić information content (AvgIpc) is 3.27. The Balaban J connectivity index is 1.40. The first-order valence-electron chi connectivity index (χ1n) is 8.42. The number of hydrogen-bond donors (Lipinski definition) is 0. The lowest BCUT2D eigenvalue weighted by Gasteiger charge is -2.16. The van der Waals surface area contributed by atoms with Gasteiger partial charge in [-0.15, -0.1) is 0 Å². The fourth-order valence-corrected chi connectivity index (χ4v) is 3.31. The zero-order chi connectivity index (χ0) is 16.4. The monoisotopic (exact) mass is 324 g/mol. The zero-order valence-corrected chi connectivity index (χ0v) is 13.8. The SMILES string of the molecule is C=[N+](Cc1ccc(N2CCCC2)nc1)Cc1cccc2c1OCO2. The van der Waals surface area contributed by atoms with Crippen LogP contribution in [0.15, 0.2) is 36.5 Å². The van der Waals surface area contributed by atoms with Crippen LogP contribution in [-0.4, -0.2) is 36.2 Å². The van der Waals surface area contributed by atoms with Crippen molar-refractivity contribution >= 4 is 12.5 Å². The van der Waals surface area contributed by atoms with Gasteiger partial charge < -0.3 is 14.4 Å². The number of para-hydroxylation sites is 1. The molecule has 4 rings (SSSR count). The molecule has 2 aliphatic heterocycles. The first-order chi connectivity index (χ1) is 11.8. The fraction of sp³-hybridized carbons (Fsp3) is 0.368. The van der Waals surface area contributed by atoms with Crippen LogP contribution in [-0.2, 0) is 13.1 Å². The van der Waals surface area contributed by atoms with Gasteiger partial charge >= 0.3 is 0 Å². The van der Waals surface area contributed by atoms with E-state index in [4.69, 9.17) is 9.47 Å². The summed E-state index contributed by atoms with van der Waals surface area (Å²) < 4.78 is 13.0. The van der Waals surface area contributed by atoms with Gasteiger partial charge in [0.1, 0.15) is 12.5 Å². The van der Waals surface area contributed by atoms with E-state index in [1.165, 1.54) is 12.8 Å². The first kappa shape index (κ1) is 15.0. The Labute approximate surface area is 142 Å². The molecule has 24 heavy (non-hydrogen) atoms. The second-order valence-electron chi connectivity index (χ2n) is 6.36. The summed E-state index contributed by atoms with van der Waals surface area (Å²) in [6.07, 6.45) is 4.49. The highest BCUT2D eigenvalue weighted by atomic mass is 16.7. The van der Waals surface area contributed by atoms with Crippen LogP contribution in [0.3, 0.4) is 0 Å². The summed E-state index contributed by atoms with van der Waals surface area (Å²) in [5.74, 6) is 2.74. The van der Waals surface area contributed by atoms with Crippen molar-refractivity contribution in [3.63, 3.8) is 0 Å². The maximum atomic E-state index is 5.56. The standard InChI is InChI=1S/C19H22N3O2/c1-21(13-16-5-4-6-17-19(16)24-14-23-17)12-15-7-8-18(20-11-15)22-9-2-3-10-22/h4-8,11H,1-3,9-10,12-14H2/q+1. The van der Waals surface area contributed by atoms with Gasteiger partial charge in [0.2, 0.25) is 6.79 Å². The fourth-order valence-electron chi connectivity index (χ4n) is 3.31. The zero-order valence-electron chi connectivity index (χ0n) is 13.8. The van der Waals surface area contributed by atoms with Gasteiger partial charge in [-0.3, -0.25) is 0 Å². The number of benzene rings is 1. The van der Waals surface area contributed by atoms with E-state index in [2.05, 4.69) is 34.8 Å². The van der Waals surface area contributed by atoms with Gasteiger partial charge in [-0.25, -0.2) is 9.56 Å². The molecule has 0 N–H and O–H groups in total. The minimum atomic E-state index is 0.297. The van der Waals surface area contributed by atoms with Crippen molar-refractivity contribution in [1.82, 2.24) is 4.98 Å². The first-order valence-corrected chi connectivity index (χ1v) is 8.42. The Kier molecular flexibility index (Phi) is 4.07. The maximum absolute atomic E-state index is 5.56. The van der Waals surface area contributed by atoms with Gasteiger partial charge in [-0.2, -0.15) is 0 Å². The lowest BCUT2D eigenvalue weighted by atomic mass is 10.1. The number of nitrogens with zero attached hydrogens (tertiary/aromatic N) is 3. The van der Waals surface area contributed by atoms with E-state index in [1.807, 2.05) is 22.9 Å². The summed E-state index contributed by atoms with van der Waals surface area (Å²) in [7, 11) is 0. The number of anilines is 1. The second-order valence-corrected chi connectivity index (χ2v) is 6.36. The molecular formula is C19H22N3O2+. The lowest BCUT2D eigenvalue weighted by Crippen LogP contribution is -2.19. The molecule has 3 heterocycles. The molecular weight excluding hydrogens is 302 g/mol. The number of hydrogen-bond acceptors (Lipinski definition) is 4. The summed E-state index contributed by atoms with van der Waals surface area (Å²) in [6, 6.07) is 10.2. The van der Waals surface area contributed by atoms with Crippen molar-refractivity contribution < 1.29 is 14.0 Å². The highest BCUT2D eigenvalue weighted by Gasteiger charge is 2.20. The molecule has 0 atom stereocenters. The summed E-state index contributed by atoms with van der Waals surface area (Å²) in [5, 5.41) is 0. The number of aromatic nitrogens is 1. The van der Waals surface area contributed by atoms with E-state index < -0.39 is 0 Å². The summed E-state index contributed by atoms with van der Waals surface area (Å²) in [5.41, 5.74) is 2.26. The summed E-state index contributed by atoms with van der Waals surface area (Å²) in [6.45, 7) is 8.15. The van der Waals surface area contributed by atoms with Crippen LogP contribution in [0.25, 0.3) is 0 Å². The average molecular weight is 324 g/mol. The van der Waals surface area contributed by atoms with E-state index in [0.717, 1.165) is 48.1 Å². The molecule has 1 aromatic heterocycles. The molecule has 124 valence electrons. The van der Waals surface area contributed by atoms with Crippen LogP contribution in [0.4, 0.5) is 5.82 Å². The minimum Gasteiger partial charge on any atom is -0.454 e. The summed E-state index contributed by atoms with van der Waals surface area (Å²) in [4.78, 5) is 6.95. The predicted octanol–water partition coefficient (Wildman–Crippen LogP) is 2.82. The molecule has 5 heteroatoms. The molecule has 0 spiro atoms. The van der Waals surface area contributed by atoms with Gasteiger partial charge in [-0.1, -0.05) is 6.07 Å². The maximum Gasteiger partial charge on any atom is 0.231 e. The van der Waals surface area contributed by atoms with Gasteiger partial charge in [0.15, 0.2) is 24.6 Å². The van der Waals surface area contributed by atoms with Crippen molar-refractivity contribution in [2.75, 3.05) is 24.8 Å². The molecule has 1 fully saturated rings. The largest absolute Gasteiger partial charge is 0.454 e. The van der Waals surface area contributed by atoms with Crippen LogP contribution in [0.2, 0.25) is 0 Å². The molecule has 1 saturated heterocycles. The Bertz CT molecular complexity index is 737. The van der Waals surface area contributed by atoms with Gasteiger partial charge in [0.25, 0.3) is 0 Å². The third kappa shape index (κ3) is 3.07. The van der Waals surface area contributed by atoms with Crippen LogP contribution < -0.4 is 14.4 Å². The second kappa shape index (κ2) is 6.51. The third-order valence-corrected chi connectivity index (χ3v) is 4.52. The highest BCUT2D eigenvalue weighted by Crippen LogP contribution is 2.35. The lowest BCUT2D eigenvalue weighted by molar-refractivity contribution is -0.551. The molecule has 0 aliphatic carbocycles. The van der Waals surface area contributed by atoms with Gasteiger partial charge in [0, 0.05) is 24.8 Å². The molecule has 0 bridgehead atoms. The van der Waals surface area contributed by atoms with Crippen molar-refractivity contribution in [1.29, 1.82) is 0 Å². The minimum absolute atomic E-state index is 0.297. The Morgan fingerprint density at radius 3 is 2.75 bits per heavy atom. The van der Waals surface area contributed by atoms with Gasteiger partial charge in [-0.05, 0) is 37.1 Å². The van der Waals surface area contributed by atoms with E-state index >= 15 is 0 Å². The Morgan fingerprint density at radius 1 is 1.08 bits per heavy atom. The van der Waals surface area contributed by atoms with Gasteiger partial charge in [0.05, 0.1) is 5.56 Å². The summed E-state index contributed by atoms with van der Waals surface area (Å²) >= 11 is 0. The smallest absolute Gasteiger partial charge is 0.231 e. The van der Waals surface area contributed by atoms with Crippen molar-refractivity contribution in [2.24, 2.45) is 0 Å². The normalized spacial score (nSPS) is 15.8. The number of rotatable bonds is 5. The quantitative estimate of drug-likeness (QED) is 0.626. The number of pyridine rings is 1. The third-order valence-electron chi connectivity index (χ3n) is 4.52. The Morgan fingerprint density at radius 2 is 1.96 bits per heavy atom. The predicted molar refractivity (Wildman–Crippen MR) is 93.0 cm³/mol. The van der Waals surface area contributed by atoms with E-state index in [-0.39, 0.29) is 0 Å². The van der Waals surface area contributed by atoms with E-state index in [0.29, 0.717) is 13.3 Å². The molecule has 0 amide bonds. The molecule has 2 aromatic rings. The number of fused-ring (bicyclic) bond motifs is 1. The molecule has 1 aromatic carbocycles. The number of ether oxygens (including phenoxy) is 2. The van der Waals surface area contributed by atoms with Crippen LogP contribution in [0.1, 0.15) is 24.0 Å². The van der Waals surface area contributed by atoms with E-state index in [9.17, 15) is 0 Å². The molecule has 2 aliphatic rings. The van der Waals surface area contributed by atoms with Crippen molar-refractivity contribution in [2.45, 2.75) is 25.9 Å².